The lowest BCUT2D eigenvalue weighted by Gasteiger charge is -2.31. The molecular formula is C18H24N4O4S2. The van der Waals surface area contributed by atoms with E-state index >= 15 is 0 Å². The van der Waals surface area contributed by atoms with Crippen molar-refractivity contribution in [2.75, 3.05) is 19.6 Å². The van der Waals surface area contributed by atoms with Crippen molar-refractivity contribution in [3.63, 3.8) is 0 Å². The number of aromatic nitrogens is 2. The van der Waals surface area contributed by atoms with Crippen LogP contribution in [0.2, 0.25) is 0 Å². The van der Waals surface area contributed by atoms with Gasteiger partial charge in [0.05, 0.1) is 15.7 Å². The number of thiophene rings is 1. The first-order valence-electron chi connectivity index (χ1n) is 9.62. The van der Waals surface area contributed by atoms with Crippen LogP contribution in [0.4, 0.5) is 0 Å². The maximum Gasteiger partial charge on any atom is 0.244 e. The van der Waals surface area contributed by atoms with Crippen molar-refractivity contribution in [2.24, 2.45) is 5.92 Å². The van der Waals surface area contributed by atoms with Gasteiger partial charge in [-0.05, 0) is 45.6 Å². The highest BCUT2D eigenvalue weighted by Crippen LogP contribution is 2.41. The van der Waals surface area contributed by atoms with Crippen molar-refractivity contribution in [2.45, 2.75) is 50.3 Å². The molecule has 10 heteroatoms. The van der Waals surface area contributed by atoms with E-state index in [1.165, 1.54) is 15.6 Å². The number of nitrogens with one attached hydrogen (secondary N) is 1. The molecule has 1 aliphatic heterocycles. The van der Waals surface area contributed by atoms with Crippen molar-refractivity contribution in [3.8, 4) is 10.7 Å². The first-order chi connectivity index (χ1) is 13.4. The second-order valence-electron chi connectivity index (χ2n) is 7.36. The minimum absolute atomic E-state index is 0.0791. The first kappa shape index (κ1) is 19.5. The lowest BCUT2D eigenvalue weighted by atomic mass is 9.99. The summed E-state index contributed by atoms with van der Waals surface area (Å²) in [7, 11) is -3.68. The fraction of sp³-hybridized carbons (Fsp3) is 0.611. The molecule has 152 valence electrons. The van der Waals surface area contributed by atoms with E-state index in [1.807, 2.05) is 6.92 Å². The third-order valence-electron chi connectivity index (χ3n) is 5.18. The molecule has 0 aromatic carbocycles. The van der Waals surface area contributed by atoms with Gasteiger partial charge < -0.3 is 9.84 Å². The summed E-state index contributed by atoms with van der Waals surface area (Å²) in [6.07, 6.45) is 3.50. The predicted molar refractivity (Wildman–Crippen MR) is 104 cm³/mol. The zero-order chi connectivity index (χ0) is 19.9. The smallest absolute Gasteiger partial charge is 0.244 e. The fourth-order valence-corrected chi connectivity index (χ4v) is 6.51. The largest absolute Gasteiger partial charge is 0.356 e. The van der Waals surface area contributed by atoms with Gasteiger partial charge in [0.1, 0.15) is 0 Å². The van der Waals surface area contributed by atoms with Crippen LogP contribution < -0.4 is 5.32 Å². The van der Waals surface area contributed by atoms with E-state index in [0.717, 1.165) is 12.8 Å². The maximum absolute atomic E-state index is 13.2. The highest BCUT2D eigenvalue weighted by atomic mass is 32.2. The van der Waals surface area contributed by atoms with Gasteiger partial charge in [0.15, 0.2) is 0 Å². The van der Waals surface area contributed by atoms with Crippen molar-refractivity contribution in [1.29, 1.82) is 0 Å². The average Bonchev–Trinajstić information content (AvgIpc) is 3.27. The monoisotopic (exact) mass is 424 g/mol. The van der Waals surface area contributed by atoms with Gasteiger partial charge in [-0.25, -0.2) is 8.42 Å². The molecule has 2 fully saturated rings. The quantitative estimate of drug-likeness (QED) is 0.764. The van der Waals surface area contributed by atoms with Crippen molar-refractivity contribution >= 4 is 27.3 Å². The molecule has 1 saturated heterocycles. The van der Waals surface area contributed by atoms with Gasteiger partial charge in [-0.3, -0.25) is 4.79 Å². The number of hydrogen-bond donors (Lipinski definition) is 1. The summed E-state index contributed by atoms with van der Waals surface area (Å²) >= 11 is 1.35. The molecule has 0 unspecified atom stereocenters. The molecule has 1 N–H and O–H groups in total. The Labute approximate surface area is 168 Å². The molecule has 0 spiro atoms. The van der Waals surface area contributed by atoms with Crippen LogP contribution in [-0.2, 0) is 14.8 Å². The summed E-state index contributed by atoms with van der Waals surface area (Å²) in [5, 5.41) is 6.81. The average molecular weight is 425 g/mol. The maximum atomic E-state index is 13.2. The number of hydrogen-bond acceptors (Lipinski definition) is 7. The number of aryl methyl sites for hydroxylation is 1. The number of carbonyl (C=O) groups is 1. The lowest BCUT2D eigenvalue weighted by Crippen LogP contribution is -2.45. The van der Waals surface area contributed by atoms with Crippen molar-refractivity contribution < 1.29 is 17.7 Å². The van der Waals surface area contributed by atoms with E-state index in [4.69, 9.17) is 4.52 Å². The Kier molecular flexibility index (Phi) is 5.28. The summed E-state index contributed by atoms with van der Waals surface area (Å²) < 4.78 is 33.2. The number of carbonyl (C=O) groups excluding carboxylic acids is 1. The Morgan fingerprint density at radius 3 is 2.89 bits per heavy atom. The van der Waals surface area contributed by atoms with E-state index < -0.39 is 10.0 Å². The molecule has 28 heavy (non-hydrogen) atoms. The fourth-order valence-electron chi connectivity index (χ4n) is 3.50. The number of rotatable bonds is 6. The second kappa shape index (κ2) is 7.57. The molecular weight excluding hydrogens is 400 g/mol. The van der Waals surface area contributed by atoms with Gasteiger partial charge in [-0.1, -0.05) is 5.16 Å². The van der Waals surface area contributed by atoms with Gasteiger partial charge >= 0.3 is 0 Å². The van der Waals surface area contributed by atoms with Crippen molar-refractivity contribution in [3.05, 3.63) is 16.8 Å². The minimum Gasteiger partial charge on any atom is -0.356 e. The molecule has 2 aromatic rings. The van der Waals surface area contributed by atoms with Gasteiger partial charge in [0.25, 0.3) is 0 Å². The first-order valence-corrected chi connectivity index (χ1v) is 11.9. The zero-order valence-electron chi connectivity index (χ0n) is 16.0. The van der Waals surface area contributed by atoms with Crippen LogP contribution in [0.25, 0.3) is 10.7 Å². The van der Waals surface area contributed by atoms with Gasteiger partial charge in [0, 0.05) is 30.4 Å². The van der Waals surface area contributed by atoms with Crippen LogP contribution in [-0.4, -0.2) is 48.4 Å². The van der Waals surface area contributed by atoms with Crippen LogP contribution in [0.1, 0.15) is 49.3 Å². The molecule has 3 heterocycles. The Bertz CT molecular complexity index is 978. The predicted octanol–water partition coefficient (Wildman–Crippen LogP) is 2.52. The van der Waals surface area contributed by atoms with Crippen molar-refractivity contribution in [1.82, 2.24) is 19.8 Å². The van der Waals surface area contributed by atoms with E-state index in [1.54, 1.807) is 13.0 Å². The van der Waals surface area contributed by atoms with Crippen LogP contribution in [0, 0.1) is 12.8 Å². The number of piperidine rings is 1. The minimum atomic E-state index is -3.68. The van der Waals surface area contributed by atoms with E-state index in [0.29, 0.717) is 53.3 Å². The molecule has 8 nitrogen and oxygen atoms in total. The topological polar surface area (TPSA) is 105 Å². The SMILES string of the molecule is CCNC(=O)[C@H]1CCCN(S(=O)(=O)c2cc(-c3noc(C4CC4)n3)sc2C)C1. The van der Waals surface area contributed by atoms with Gasteiger partial charge in [-0.15, -0.1) is 11.3 Å². The number of nitrogens with zero attached hydrogens (tertiary/aromatic N) is 3. The lowest BCUT2D eigenvalue weighted by molar-refractivity contribution is -0.125. The summed E-state index contributed by atoms with van der Waals surface area (Å²) in [5.74, 6) is 1.04. The van der Waals surface area contributed by atoms with Crippen LogP contribution in [0.3, 0.4) is 0 Å². The van der Waals surface area contributed by atoms with Gasteiger partial charge in [0.2, 0.25) is 27.6 Å². The molecule has 1 saturated carbocycles. The second-order valence-corrected chi connectivity index (χ2v) is 10.5. The Morgan fingerprint density at radius 1 is 1.39 bits per heavy atom. The Hall–Kier alpha value is -1.78. The summed E-state index contributed by atoms with van der Waals surface area (Å²) in [6.45, 7) is 4.83. The molecule has 1 atom stereocenters. The number of sulfonamides is 1. The van der Waals surface area contributed by atoms with E-state index in [9.17, 15) is 13.2 Å². The third kappa shape index (κ3) is 3.72. The van der Waals surface area contributed by atoms with E-state index in [-0.39, 0.29) is 23.3 Å². The standard InChI is InChI=1S/C18H24N4O4S2/c1-3-19-17(23)13-5-4-8-22(10-13)28(24,25)15-9-14(27-11(15)2)16-20-18(26-21-16)12-6-7-12/h9,12-13H,3-8,10H2,1-2H3,(H,19,23)/t13-/m0/s1. The van der Waals surface area contributed by atoms with Gasteiger partial charge in [-0.2, -0.15) is 9.29 Å². The molecule has 0 bridgehead atoms. The van der Waals surface area contributed by atoms with Crippen LogP contribution in [0.5, 0.6) is 0 Å². The molecule has 2 aromatic heterocycles. The molecule has 0 radical (unpaired) electrons. The summed E-state index contributed by atoms with van der Waals surface area (Å²) in [6, 6.07) is 1.63. The molecule has 1 aliphatic carbocycles. The third-order valence-corrected chi connectivity index (χ3v) is 8.35. The summed E-state index contributed by atoms with van der Waals surface area (Å²) in [4.78, 5) is 18.2. The normalized spacial score (nSPS) is 21.0. The molecule has 4 rings (SSSR count). The highest BCUT2D eigenvalue weighted by Gasteiger charge is 2.35. The molecule has 2 aliphatic rings. The van der Waals surface area contributed by atoms with E-state index in [2.05, 4.69) is 15.5 Å². The Balaban J connectivity index is 1.56. The summed E-state index contributed by atoms with van der Waals surface area (Å²) in [5.41, 5.74) is 0. The zero-order valence-corrected chi connectivity index (χ0v) is 17.6. The number of amides is 1. The van der Waals surface area contributed by atoms with Crippen LogP contribution >= 0.6 is 11.3 Å². The Morgan fingerprint density at radius 2 is 2.18 bits per heavy atom. The molecule has 1 amide bonds. The van der Waals surface area contributed by atoms with Crippen LogP contribution in [0.15, 0.2) is 15.5 Å². The highest BCUT2D eigenvalue weighted by molar-refractivity contribution is 7.89.